The molecule has 1 atom stereocenters. The molecule has 0 radical (unpaired) electrons. The molecule has 5 heteroatoms. The number of aromatic nitrogens is 1. The van der Waals surface area contributed by atoms with E-state index in [9.17, 15) is 4.79 Å². The molecule has 1 amide bonds. The second kappa shape index (κ2) is 7.82. The summed E-state index contributed by atoms with van der Waals surface area (Å²) >= 11 is 6.06. The Bertz CT molecular complexity index is 638. The highest BCUT2D eigenvalue weighted by atomic mass is 35.5. The molecule has 0 fully saturated rings. The molecule has 0 aliphatic rings. The van der Waals surface area contributed by atoms with Gasteiger partial charge in [0.1, 0.15) is 6.10 Å². The molecule has 4 nitrogen and oxygen atoms in total. The summed E-state index contributed by atoms with van der Waals surface area (Å²) in [7, 11) is 0. The Hall–Kier alpha value is -2.04. The van der Waals surface area contributed by atoms with Crippen LogP contribution in [0, 0.1) is 0 Å². The summed E-state index contributed by atoms with van der Waals surface area (Å²) in [6, 6.07) is 9.15. The molecule has 116 valence electrons. The zero-order valence-corrected chi connectivity index (χ0v) is 13.2. The molecule has 1 unspecified atom stereocenters. The number of amides is 1. The third-order valence-corrected chi connectivity index (χ3v) is 3.39. The number of benzene rings is 1. The van der Waals surface area contributed by atoms with E-state index in [0.717, 1.165) is 5.69 Å². The van der Waals surface area contributed by atoms with Crippen molar-refractivity contribution < 1.29 is 9.53 Å². The number of hydrogen-bond acceptors (Lipinski definition) is 2. The van der Waals surface area contributed by atoms with Crippen molar-refractivity contribution in [3.8, 4) is 5.69 Å². The first-order valence-electron chi connectivity index (χ1n) is 7.08. The van der Waals surface area contributed by atoms with E-state index in [1.807, 2.05) is 29.1 Å². The van der Waals surface area contributed by atoms with Gasteiger partial charge in [0, 0.05) is 17.4 Å². The summed E-state index contributed by atoms with van der Waals surface area (Å²) in [5.41, 5.74) is 1.49. The Morgan fingerprint density at radius 2 is 2.18 bits per heavy atom. The van der Waals surface area contributed by atoms with Gasteiger partial charge in [-0.15, -0.1) is 6.58 Å². The van der Waals surface area contributed by atoms with Crippen LogP contribution in [0.4, 0.5) is 5.69 Å². The molecule has 1 aromatic heterocycles. The first kappa shape index (κ1) is 16.3. The van der Waals surface area contributed by atoms with Crippen molar-refractivity contribution in [2.24, 2.45) is 0 Å². The highest BCUT2D eigenvalue weighted by Gasteiger charge is 2.15. The molecule has 0 saturated heterocycles. The van der Waals surface area contributed by atoms with Gasteiger partial charge in [0.25, 0.3) is 5.91 Å². The maximum Gasteiger partial charge on any atom is 0.253 e. The predicted octanol–water partition coefficient (Wildman–Crippen LogP) is 4.05. The smallest absolute Gasteiger partial charge is 0.253 e. The maximum atomic E-state index is 12.2. The molecule has 2 aromatic rings. The lowest BCUT2D eigenvalue weighted by atomic mass is 10.2. The highest BCUT2D eigenvalue weighted by molar-refractivity contribution is 6.30. The number of nitrogens with one attached hydrogen (secondary N) is 1. The van der Waals surface area contributed by atoms with Crippen molar-refractivity contribution in [1.82, 2.24) is 4.57 Å². The number of hydrogen-bond donors (Lipinski definition) is 1. The van der Waals surface area contributed by atoms with Crippen LogP contribution in [-0.2, 0) is 9.53 Å². The van der Waals surface area contributed by atoms with Gasteiger partial charge in [-0.3, -0.25) is 4.79 Å². The Kier molecular flexibility index (Phi) is 5.81. The Balaban J connectivity index is 2.12. The normalized spacial score (nSPS) is 11.9. The van der Waals surface area contributed by atoms with Gasteiger partial charge in [0.2, 0.25) is 0 Å². The third-order valence-electron chi connectivity index (χ3n) is 3.16. The van der Waals surface area contributed by atoms with Crippen LogP contribution in [0.3, 0.4) is 0 Å². The van der Waals surface area contributed by atoms with Gasteiger partial charge in [-0.2, -0.15) is 0 Å². The minimum absolute atomic E-state index is 0.195. The number of rotatable bonds is 7. The highest BCUT2D eigenvalue weighted by Crippen LogP contribution is 2.25. The monoisotopic (exact) mass is 318 g/mol. The molecule has 2 rings (SSSR count). The van der Waals surface area contributed by atoms with Gasteiger partial charge >= 0.3 is 0 Å². The van der Waals surface area contributed by atoms with Crippen molar-refractivity contribution in [3.63, 3.8) is 0 Å². The van der Waals surface area contributed by atoms with E-state index in [4.69, 9.17) is 16.3 Å². The van der Waals surface area contributed by atoms with Crippen LogP contribution in [0.15, 0.2) is 55.4 Å². The number of anilines is 1. The Labute approximate surface area is 135 Å². The van der Waals surface area contributed by atoms with Crippen molar-refractivity contribution in [2.75, 3.05) is 11.9 Å². The number of ether oxygens (including phenoxy) is 1. The summed E-state index contributed by atoms with van der Waals surface area (Å²) in [5, 5.41) is 3.49. The van der Waals surface area contributed by atoms with E-state index in [2.05, 4.69) is 11.9 Å². The standard InChI is InChI=1S/C17H19ClN2O2/c1-3-4-11-22-13(2)17(21)19-15-8-7-14(18)12-16(15)20-9-5-6-10-20/h3,5-10,12-13H,1,4,11H2,2H3,(H,19,21). The molecule has 1 heterocycles. The fourth-order valence-corrected chi connectivity index (χ4v) is 2.12. The average Bonchev–Trinajstić information content (AvgIpc) is 3.03. The van der Waals surface area contributed by atoms with Gasteiger partial charge < -0.3 is 14.6 Å². The molecule has 0 spiro atoms. The largest absolute Gasteiger partial charge is 0.368 e. The minimum Gasteiger partial charge on any atom is -0.368 e. The van der Waals surface area contributed by atoms with Crippen LogP contribution < -0.4 is 5.32 Å². The average molecular weight is 319 g/mol. The van der Waals surface area contributed by atoms with E-state index >= 15 is 0 Å². The van der Waals surface area contributed by atoms with Crippen LogP contribution in [0.5, 0.6) is 0 Å². The Morgan fingerprint density at radius 3 is 2.86 bits per heavy atom. The fourth-order valence-electron chi connectivity index (χ4n) is 1.96. The molecular formula is C17H19ClN2O2. The molecule has 0 aliphatic heterocycles. The fraction of sp³-hybridized carbons (Fsp3) is 0.235. The van der Waals surface area contributed by atoms with Crippen molar-refractivity contribution in [1.29, 1.82) is 0 Å². The quantitative estimate of drug-likeness (QED) is 0.618. The summed E-state index contributed by atoms with van der Waals surface area (Å²) in [6.07, 6.45) is 5.73. The van der Waals surface area contributed by atoms with Crippen molar-refractivity contribution in [2.45, 2.75) is 19.4 Å². The second-order valence-corrected chi connectivity index (χ2v) is 5.27. The summed E-state index contributed by atoms with van der Waals surface area (Å²) in [4.78, 5) is 12.2. The number of halogens is 1. The molecule has 1 N–H and O–H groups in total. The molecule has 0 saturated carbocycles. The zero-order valence-electron chi connectivity index (χ0n) is 12.5. The molecule has 0 aliphatic carbocycles. The van der Waals surface area contributed by atoms with Gasteiger partial charge in [-0.05, 0) is 43.7 Å². The van der Waals surface area contributed by atoms with Crippen molar-refractivity contribution in [3.05, 3.63) is 60.4 Å². The first-order valence-corrected chi connectivity index (χ1v) is 7.46. The van der Waals surface area contributed by atoms with E-state index < -0.39 is 6.10 Å². The van der Waals surface area contributed by atoms with Crippen LogP contribution in [0.25, 0.3) is 5.69 Å². The van der Waals surface area contributed by atoms with Gasteiger partial charge in [-0.25, -0.2) is 0 Å². The van der Waals surface area contributed by atoms with Gasteiger partial charge in [-0.1, -0.05) is 17.7 Å². The van der Waals surface area contributed by atoms with E-state index in [-0.39, 0.29) is 5.91 Å². The van der Waals surface area contributed by atoms with E-state index in [1.54, 1.807) is 31.2 Å². The number of carbonyl (C=O) groups excluding carboxylic acids is 1. The lowest BCUT2D eigenvalue weighted by Gasteiger charge is -2.16. The van der Waals surface area contributed by atoms with Gasteiger partial charge in [0.15, 0.2) is 0 Å². The lowest BCUT2D eigenvalue weighted by Crippen LogP contribution is -2.28. The van der Waals surface area contributed by atoms with Gasteiger partial charge in [0.05, 0.1) is 18.0 Å². The third kappa shape index (κ3) is 4.23. The van der Waals surface area contributed by atoms with Crippen LogP contribution in [0.1, 0.15) is 13.3 Å². The first-order chi connectivity index (χ1) is 10.6. The predicted molar refractivity (Wildman–Crippen MR) is 89.6 cm³/mol. The maximum absolute atomic E-state index is 12.2. The lowest BCUT2D eigenvalue weighted by molar-refractivity contribution is -0.126. The van der Waals surface area contributed by atoms with E-state index in [1.165, 1.54) is 0 Å². The van der Waals surface area contributed by atoms with Crippen LogP contribution in [0.2, 0.25) is 5.02 Å². The second-order valence-electron chi connectivity index (χ2n) is 4.83. The summed E-state index contributed by atoms with van der Waals surface area (Å²) < 4.78 is 7.35. The summed E-state index contributed by atoms with van der Waals surface area (Å²) in [6.45, 7) is 5.82. The van der Waals surface area contributed by atoms with Crippen LogP contribution in [-0.4, -0.2) is 23.2 Å². The number of carbonyl (C=O) groups is 1. The zero-order chi connectivity index (χ0) is 15.9. The topological polar surface area (TPSA) is 43.3 Å². The van der Waals surface area contributed by atoms with Crippen molar-refractivity contribution >= 4 is 23.2 Å². The molecular weight excluding hydrogens is 300 g/mol. The van der Waals surface area contributed by atoms with Crippen LogP contribution >= 0.6 is 11.6 Å². The molecule has 1 aromatic carbocycles. The Morgan fingerprint density at radius 1 is 1.45 bits per heavy atom. The van der Waals surface area contributed by atoms with E-state index in [0.29, 0.717) is 23.7 Å². The summed E-state index contributed by atoms with van der Waals surface area (Å²) in [5.74, 6) is -0.195. The minimum atomic E-state index is -0.534. The molecule has 22 heavy (non-hydrogen) atoms. The number of nitrogens with zero attached hydrogens (tertiary/aromatic N) is 1. The molecule has 0 bridgehead atoms. The SMILES string of the molecule is C=CCCOC(C)C(=O)Nc1ccc(Cl)cc1-n1cccc1.